The number of amides is 1. The van der Waals surface area contributed by atoms with E-state index in [4.69, 9.17) is 0 Å². The van der Waals surface area contributed by atoms with E-state index in [1.807, 2.05) is 37.3 Å². The summed E-state index contributed by atoms with van der Waals surface area (Å²) in [6.45, 7) is 1.93. The van der Waals surface area contributed by atoms with Crippen molar-refractivity contribution >= 4 is 11.6 Å². The number of hydrogen-bond acceptors (Lipinski definition) is 3. The first-order chi connectivity index (χ1) is 11.1. The Bertz CT molecular complexity index is 903. The molecule has 0 spiro atoms. The normalized spacial score (nSPS) is 12.1. The van der Waals surface area contributed by atoms with Crippen LogP contribution in [0.1, 0.15) is 28.9 Å². The highest BCUT2D eigenvalue weighted by Crippen LogP contribution is 2.19. The lowest BCUT2D eigenvalue weighted by Gasteiger charge is -2.25. The molecule has 116 valence electrons. The first-order valence-electron chi connectivity index (χ1n) is 7.38. The molecule has 1 atom stereocenters. The number of nitrogens with zero attached hydrogens (tertiary/aromatic N) is 3. The van der Waals surface area contributed by atoms with Gasteiger partial charge in [-0.25, -0.2) is 4.98 Å². The molecule has 2 aromatic heterocycles. The summed E-state index contributed by atoms with van der Waals surface area (Å²) < 4.78 is 1.38. The zero-order valence-corrected chi connectivity index (χ0v) is 13.0. The highest BCUT2D eigenvalue weighted by atomic mass is 16.2. The Kier molecular flexibility index (Phi) is 3.93. The summed E-state index contributed by atoms with van der Waals surface area (Å²) in [6, 6.07) is 14.8. The Morgan fingerprint density at radius 3 is 2.57 bits per heavy atom. The minimum atomic E-state index is -0.354. The first kappa shape index (κ1) is 15.0. The van der Waals surface area contributed by atoms with Crippen LogP contribution in [0.2, 0.25) is 0 Å². The van der Waals surface area contributed by atoms with E-state index < -0.39 is 0 Å². The lowest BCUT2D eigenvalue weighted by atomic mass is 10.1. The van der Waals surface area contributed by atoms with Crippen LogP contribution in [-0.2, 0) is 0 Å². The van der Waals surface area contributed by atoms with E-state index in [0.29, 0.717) is 5.65 Å². The van der Waals surface area contributed by atoms with Gasteiger partial charge in [-0.05, 0) is 24.6 Å². The third-order valence-electron chi connectivity index (χ3n) is 4.03. The van der Waals surface area contributed by atoms with Crippen LogP contribution >= 0.6 is 0 Å². The molecule has 0 aliphatic carbocycles. The number of rotatable bonds is 3. The highest BCUT2D eigenvalue weighted by Gasteiger charge is 2.22. The van der Waals surface area contributed by atoms with Crippen LogP contribution in [0.25, 0.3) is 5.65 Å². The van der Waals surface area contributed by atoms with Crippen LogP contribution in [0.4, 0.5) is 0 Å². The van der Waals surface area contributed by atoms with Crippen LogP contribution in [-0.4, -0.2) is 27.2 Å². The van der Waals surface area contributed by atoms with Crippen LogP contribution in [0.3, 0.4) is 0 Å². The molecule has 0 bridgehead atoms. The molecule has 0 saturated carbocycles. The van der Waals surface area contributed by atoms with Crippen molar-refractivity contribution in [3.8, 4) is 0 Å². The second-order valence-electron chi connectivity index (χ2n) is 5.41. The van der Waals surface area contributed by atoms with Crippen molar-refractivity contribution in [3.63, 3.8) is 0 Å². The highest BCUT2D eigenvalue weighted by molar-refractivity contribution is 5.93. The zero-order chi connectivity index (χ0) is 16.4. The van der Waals surface area contributed by atoms with E-state index in [1.165, 1.54) is 10.6 Å². The molecule has 0 aliphatic rings. The molecule has 3 rings (SSSR count). The SMILES string of the molecule is CC(c1ccccc1)N(C)C(=O)c1cnc2ccccn2c1=O. The lowest BCUT2D eigenvalue weighted by Crippen LogP contribution is -2.34. The van der Waals surface area contributed by atoms with Gasteiger partial charge in [-0.3, -0.25) is 14.0 Å². The molecule has 23 heavy (non-hydrogen) atoms. The average Bonchev–Trinajstić information content (AvgIpc) is 2.61. The van der Waals surface area contributed by atoms with Crippen molar-refractivity contribution in [1.29, 1.82) is 0 Å². The third kappa shape index (κ3) is 2.73. The molecule has 3 aromatic rings. The van der Waals surface area contributed by atoms with Crippen LogP contribution in [0, 0.1) is 0 Å². The van der Waals surface area contributed by atoms with Gasteiger partial charge in [0.1, 0.15) is 11.2 Å². The van der Waals surface area contributed by atoms with Gasteiger partial charge in [0.25, 0.3) is 11.5 Å². The summed E-state index contributed by atoms with van der Waals surface area (Å²) in [7, 11) is 1.69. The molecule has 0 saturated heterocycles. The van der Waals surface area contributed by atoms with Crippen molar-refractivity contribution in [2.75, 3.05) is 7.05 Å². The van der Waals surface area contributed by atoms with Crippen molar-refractivity contribution in [2.24, 2.45) is 0 Å². The average molecular weight is 307 g/mol. The molecular weight excluding hydrogens is 290 g/mol. The second kappa shape index (κ2) is 6.04. The Morgan fingerprint density at radius 2 is 1.83 bits per heavy atom. The van der Waals surface area contributed by atoms with Crippen LogP contribution in [0.5, 0.6) is 0 Å². The fraction of sp³-hybridized carbons (Fsp3) is 0.167. The second-order valence-corrected chi connectivity index (χ2v) is 5.41. The van der Waals surface area contributed by atoms with Gasteiger partial charge in [0.15, 0.2) is 0 Å². The predicted molar refractivity (Wildman–Crippen MR) is 88.4 cm³/mol. The van der Waals surface area contributed by atoms with E-state index in [0.717, 1.165) is 5.56 Å². The summed E-state index contributed by atoms with van der Waals surface area (Å²) in [5, 5.41) is 0. The summed E-state index contributed by atoms with van der Waals surface area (Å²) in [4.78, 5) is 31.0. The van der Waals surface area contributed by atoms with Gasteiger partial charge in [0.05, 0.1) is 6.04 Å². The van der Waals surface area contributed by atoms with Gasteiger partial charge in [-0.1, -0.05) is 36.4 Å². The Hall–Kier alpha value is -2.95. The quantitative estimate of drug-likeness (QED) is 0.747. The molecule has 2 heterocycles. The fourth-order valence-electron chi connectivity index (χ4n) is 2.49. The summed E-state index contributed by atoms with van der Waals surface area (Å²) in [5.74, 6) is -0.336. The number of aromatic nitrogens is 2. The van der Waals surface area contributed by atoms with Gasteiger partial charge < -0.3 is 4.90 Å². The van der Waals surface area contributed by atoms with Crippen LogP contribution < -0.4 is 5.56 Å². The maximum Gasteiger partial charge on any atom is 0.270 e. The summed E-state index contributed by atoms with van der Waals surface area (Å²) >= 11 is 0. The number of hydrogen-bond donors (Lipinski definition) is 0. The number of carbonyl (C=O) groups excluding carboxylic acids is 1. The number of benzene rings is 1. The number of carbonyl (C=O) groups is 1. The Balaban J connectivity index is 1.97. The molecule has 1 unspecified atom stereocenters. The summed E-state index contributed by atoms with van der Waals surface area (Å²) in [6.07, 6.45) is 2.97. The van der Waals surface area contributed by atoms with E-state index in [9.17, 15) is 9.59 Å². The molecule has 0 N–H and O–H groups in total. The largest absolute Gasteiger partial charge is 0.335 e. The van der Waals surface area contributed by atoms with Crippen molar-refractivity contribution in [2.45, 2.75) is 13.0 Å². The van der Waals surface area contributed by atoms with Crippen molar-refractivity contribution in [3.05, 3.63) is 82.4 Å². The van der Waals surface area contributed by atoms with Gasteiger partial charge in [-0.15, -0.1) is 0 Å². The van der Waals surface area contributed by atoms with E-state index in [1.54, 1.807) is 36.3 Å². The minimum absolute atomic E-state index is 0.0685. The lowest BCUT2D eigenvalue weighted by molar-refractivity contribution is 0.0740. The molecule has 0 radical (unpaired) electrons. The van der Waals surface area contributed by atoms with Crippen molar-refractivity contribution < 1.29 is 4.79 Å². The monoisotopic (exact) mass is 307 g/mol. The van der Waals surface area contributed by atoms with Gasteiger partial charge in [0, 0.05) is 19.4 Å². The van der Waals surface area contributed by atoms with E-state index in [2.05, 4.69) is 4.98 Å². The van der Waals surface area contributed by atoms with Crippen molar-refractivity contribution in [1.82, 2.24) is 14.3 Å². The van der Waals surface area contributed by atoms with Gasteiger partial charge in [-0.2, -0.15) is 0 Å². The fourth-order valence-corrected chi connectivity index (χ4v) is 2.49. The van der Waals surface area contributed by atoms with Gasteiger partial charge in [0.2, 0.25) is 0 Å². The standard InChI is InChI=1S/C18H17N3O2/c1-13(14-8-4-3-5-9-14)20(2)17(22)15-12-19-16-10-6-7-11-21(16)18(15)23/h3-13H,1-2H3. The van der Waals surface area contributed by atoms with Crippen LogP contribution in [0.15, 0.2) is 65.7 Å². The summed E-state index contributed by atoms with van der Waals surface area (Å²) in [5.41, 5.74) is 1.25. The zero-order valence-electron chi connectivity index (χ0n) is 13.0. The van der Waals surface area contributed by atoms with E-state index in [-0.39, 0.29) is 23.1 Å². The topological polar surface area (TPSA) is 54.7 Å². The molecule has 1 aromatic carbocycles. The first-order valence-corrected chi connectivity index (χ1v) is 7.38. The predicted octanol–water partition coefficient (Wildman–Crippen LogP) is 2.53. The molecule has 5 heteroatoms. The minimum Gasteiger partial charge on any atom is -0.335 e. The maximum absolute atomic E-state index is 12.7. The molecule has 5 nitrogen and oxygen atoms in total. The molecule has 0 fully saturated rings. The Morgan fingerprint density at radius 1 is 1.13 bits per heavy atom. The van der Waals surface area contributed by atoms with Gasteiger partial charge >= 0.3 is 0 Å². The molecule has 0 aliphatic heterocycles. The molecule has 1 amide bonds. The smallest absolute Gasteiger partial charge is 0.270 e. The Labute approximate surface area is 133 Å². The number of pyridine rings is 1. The third-order valence-corrected chi connectivity index (χ3v) is 4.03. The molecular formula is C18H17N3O2. The number of fused-ring (bicyclic) bond motifs is 1. The maximum atomic E-state index is 12.7. The van der Waals surface area contributed by atoms with E-state index >= 15 is 0 Å².